The molecule has 3 rings (SSSR count). The van der Waals surface area contributed by atoms with Gasteiger partial charge in [-0.05, 0) is 31.2 Å². The van der Waals surface area contributed by atoms with Crippen LogP contribution in [0.4, 0.5) is 0 Å². The van der Waals surface area contributed by atoms with Gasteiger partial charge in [-0.1, -0.05) is 30.3 Å². The van der Waals surface area contributed by atoms with Crippen LogP contribution in [0, 0.1) is 0 Å². The molecule has 2 aromatic carbocycles. The Morgan fingerprint density at radius 2 is 1.85 bits per heavy atom. The minimum absolute atomic E-state index is 0.0604. The van der Waals surface area contributed by atoms with E-state index < -0.39 is 0 Å². The summed E-state index contributed by atoms with van der Waals surface area (Å²) >= 11 is 0. The SMILES string of the molecule is COc1ccc(-n2[nH]c(-c3ccccc3)c(C(C)=NCCO)c2=O)cc1. The Bertz CT molecular complexity index is 954. The molecule has 0 spiro atoms. The second-order valence-corrected chi connectivity index (χ2v) is 5.76. The molecule has 0 saturated carbocycles. The lowest BCUT2D eigenvalue weighted by atomic mass is 10.1. The maximum absolute atomic E-state index is 13.1. The molecule has 0 aliphatic rings. The van der Waals surface area contributed by atoms with Crippen molar-refractivity contribution in [1.29, 1.82) is 0 Å². The molecule has 1 aromatic heterocycles. The maximum atomic E-state index is 13.1. The quantitative estimate of drug-likeness (QED) is 0.670. The van der Waals surface area contributed by atoms with Crippen molar-refractivity contribution in [1.82, 2.24) is 9.78 Å². The molecule has 2 N–H and O–H groups in total. The highest BCUT2D eigenvalue weighted by Gasteiger charge is 2.19. The molecule has 6 nitrogen and oxygen atoms in total. The predicted octanol–water partition coefficient (Wildman–Crippen LogP) is 2.64. The van der Waals surface area contributed by atoms with Crippen LogP contribution in [0.3, 0.4) is 0 Å². The van der Waals surface area contributed by atoms with Crippen LogP contribution in [0.15, 0.2) is 64.4 Å². The average molecular weight is 351 g/mol. The number of nitrogens with zero attached hydrogens (tertiary/aromatic N) is 2. The Balaban J connectivity index is 2.18. The van der Waals surface area contributed by atoms with Gasteiger partial charge in [0.2, 0.25) is 0 Å². The van der Waals surface area contributed by atoms with E-state index in [-0.39, 0.29) is 18.7 Å². The maximum Gasteiger partial charge on any atom is 0.280 e. The Morgan fingerprint density at radius 1 is 1.15 bits per heavy atom. The van der Waals surface area contributed by atoms with Crippen LogP contribution in [0.1, 0.15) is 12.5 Å². The predicted molar refractivity (Wildman–Crippen MR) is 103 cm³/mol. The van der Waals surface area contributed by atoms with E-state index in [4.69, 9.17) is 9.84 Å². The molecular formula is C20H21N3O3. The minimum atomic E-state index is -0.187. The highest BCUT2D eigenvalue weighted by Crippen LogP contribution is 2.22. The number of hydrogen-bond acceptors (Lipinski definition) is 4. The molecule has 0 fully saturated rings. The van der Waals surface area contributed by atoms with Crippen LogP contribution in [0.2, 0.25) is 0 Å². The van der Waals surface area contributed by atoms with Crippen molar-refractivity contribution in [3.63, 3.8) is 0 Å². The zero-order chi connectivity index (χ0) is 18.5. The first-order valence-corrected chi connectivity index (χ1v) is 8.33. The molecule has 0 aliphatic carbocycles. The van der Waals surface area contributed by atoms with Crippen molar-refractivity contribution >= 4 is 5.71 Å². The summed E-state index contributed by atoms with van der Waals surface area (Å²) in [5.74, 6) is 0.720. The Hall–Kier alpha value is -3.12. The monoisotopic (exact) mass is 351 g/mol. The molecule has 26 heavy (non-hydrogen) atoms. The zero-order valence-corrected chi connectivity index (χ0v) is 14.8. The Kier molecular flexibility index (Phi) is 5.34. The standard InChI is InChI=1S/C20H21N3O3/c1-14(21-12-13-24)18-19(15-6-4-3-5-7-15)22-23(20(18)25)16-8-10-17(26-2)11-9-16/h3-11,22,24H,12-13H2,1-2H3. The molecule has 1 heterocycles. The first kappa shape index (κ1) is 17.7. The third-order valence-corrected chi connectivity index (χ3v) is 4.09. The summed E-state index contributed by atoms with van der Waals surface area (Å²) in [6, 6.07) is 16.9. The normalized spacial score (nSPS) is 11.6. The number of aliphatic hydroxyl groups excluding tert-OH is 1. The lowest BCUT2D eigenvalue weighted by molar-refractivity contribution is 0.307. The third kappa shape index (κ3) is 3.45. The minimum Gasteiger partial charge on any atom is -0.497 e. The van der Waals surface area contributed by atoms with E-state index in [0.29, 0.717) is 22.7 Å². The summed E-state index contributed by atoms with van der Waals surface area (Å²) in [6.07, 6.45) is 0. The molecule has 0 saturated heterocycles. The van der Waals surface area contributed by atoms with Gasteiger partial charge >= 0.3 is 0 Å². The first-order valence-electron chi connectivity index (χ1n) is 8.33. The number of ether oxygens (including phenoxy) is 1. The van der Waals surface area contributed by atoms with Crippen molar-refractivity contribution < 1.29 is 9.84 Å². The van der Waals surface area contributed by atoms with Crippen LogP contribution in [0.25, 0.3) is 16.9 Å². The van der Waals surface area contributed by atoms with Crippen LogP contribution >= 0.6 is 0 Å². The van der Waals surface area contributed by atoms with E-state index in [9.17, 15) is 4.79 Å². The van der Waals surface area contributed by atoms with Crippen molar-refractivity contribution in [3.05, 3.63) is 70.5 Å². The van der Waals surface area contributed by atoms with Gasteiger partial charge in [-0.25, -0.2) is 4.68 Å². The molecule has 0 bridgehead atoms. The van der Waals surface area contributed by atoms with Crippen LogP contribution in [-0.4, -0.2) is 40.9 Å². The lowest BCUT2D eigenvalue weighted by Crippen LogP contribution is -2.20. The highest BCUT2D eigenvalue weighted by molar-refractivity contribution is 6.03. The second kappa shape index (κ2) is 7.84. The molecule has 0 unspecified atom stereocenters. The van der Waals surface area contributed by atoms with Gasteiger partial charge in [-0.2, -0.15) is 0 Å². The molecule has 134 valence electrons. The molecule has 3 aromatic rings. The second-order valence-electron chi connectivity index (χ2n) is 5.76. The highest BCUT2D eigenvalue weighted by atomic mass is 16.5. The summed E-state index contributed by atoms with van der Waals surface area (Å²) in [6.45, 7) is 1.98. The third-order valence-electron chi connectivity index (χ3n) is 4.09. The zero-order valence-electron chi connectivity index (χ0n) is 14.8. The number of methoxy groups -OCH3 is 1. The number of H-pyrrole nitrogens is 1. The molecule has 0 amide bonds. The van der Waals surface area contributed by atoms with E-state index in [1.54, 1.807) is 26.2 Å². The Morgan fingerprint density at radius 3 is 2.46 bits per heavy atom. The molecule has 0 radical (unpaired) electrons. The summed E-state index contributed by atoms with van der Waals surface area (Å²) in [5.41, 5.74) is 3.20. The summed E-state index contributed by atoms with van der Waals surface area (Å²) < 4.78 is 6.67. The van der Waals surface area contributed by atoms with E-state index in [0.717, 1.165) is 11.3 Å². The number of hydrogen-bond donors (Lipinski definition) is 2. The molecular weight excluding hydrogens is 330 g/mol. The van der Waals surface area contributed by atoms with Crippen molar-refractivity contribution in [2.75, 3.05) is 20.3 Å². The van der Waals surface area contributed by atoms with E-state index in [1.165, 1.54) is 4.68 Å². The summed E-state index contributed by atoms with van der Waals surface area (Å²) in [5, 5.41) is 12.2. The van der Waals surface area contributed by atoms with Gasteiger partial charge in [0.25, 0.3) is 5.56 Å². The van der Waals surface area contributed by atoms with E-state index in [1.807, 2.05) is 42.5 Å². The molecule has 0 atom stereocenters. The molecule has 0 aliphatic heterocycles. The summed E-state index contributed by atoms with van der Waals surface area (Å²) in [4.78, 5) is 17.4. The van der Waals surface area contributed by atoms with Gasteiger partial charge < -0.3 is 9.84 Å². The summed E-state index contributed by atoms with van der Waals surface area (Å²) in [7, 11) is 1.60. The number of aromatic amines is 1. The van der Waals surface area contributed by atoms with Crippen molar-refractivity contribution in [2.45, 2.75) is 6.92 Å². The van der Waals surface area contributed by atoms with Gasteiger partial charge in [0.1, 0.15) is 5.75 Å². The van der Waals surface area contributed by atoms with Gasteiger partial charge in [0.05, 0.1) is 37.2 Å². The lowest BCUT2D eigenvalue weighted by Gasteiger charge is -2.04. The van der Waals surface area contributed by atoms with E-state index >= 15 is 0 Å². The number of benzene rings is 2. The van der Waals surface area contributed by atoms with Gasteiger partial charge in [0, 0.05) is 11.3 Å². The topological polar surface area (TPSA) is 79.6 Å². The van der Waals surface area contributed by atoms with Crippen LogP contribution in [-0.2, 0) is 0 Å². The van der Waals surface area contributed by atoms with Crippen LogP contribution in [0.5, 0.6) is 5.75 Å². The Labute approximate surface area is 151 Å². The largest absolute Gasteiger partial charge is 0.497 e. The fraction of sp³-hybridized carbons (Fsp3) is 0.200. The van der Waals surface area contributed by atoms with Gasteiger partial charge in [0.15, 0.2) is 0 Å². The fourth-order valence-corrected chi connectivity index (χ4v) is 2.80. The number of rotatable bonds is 6. The van der Waals surface area contributed by atoms with Gasteiger partial charge in [-0.15, -0.1) is 0 Å². The number of aliphatic imine (C=N–C) groups is 1. The van der Waals surface area contributed by atoms with Crippen LogP contribution < -0.4 is 10.3 Å². The molecule has 6 heteroatoms. The smallest absolute Gasteiger partial charge is 0.280 e. The fourth-order valence-electron chi connectivity index (χ4n) is 2.80. The van der Waals surface area contributed by atoms with Crippen molar-refractivity contribution in [2.24, 2.45) is 4.99 Å². The number of nitrogens with one attached hydrogen (secondary N) is 1. The van der Waals surface area contributed by atoms with Gasteiger partial charge in [-0.3, -0.25) is 14.9 Å². The number of aliphatic hydroxyl groups is 1. The van der Waals surface area contributed by atoms with Crippen molar-refractivity contribution in [3.8, 4) is 22.7 Å². The first-order chi connectivity index (χ1) is 12.7. The van der Waals surface area contributed by atoms with E-state index in [2.05, 4.69) is 10.1 Å². The number of aromatic nitrogens is 2. The average Bonchev–Trinajstić information content (AvgIpc) is 3.04.